The molecule has 1 atom stereocenters. The topological polar surface area (TPSA) is 20.2 Å². The van der Waals surface area contributed by atoms with Crippen LogP contribution in [0.15, 0.2) is 54.1 Å². The monoisotopic (exact) mass is 252 g/mol. The molecule has 0 saturated carbocycles. The number of aliphatic hydroxyl groups excluding tert-OH is 1. The Hall–Kier alpha value is -1.86. The molecule has 0 amide bonds. The van der Waals surface area contributed by atoms with Crippen molar-refractivity contribution in [1.82, 2.24) is 0 Å². The molecule has 0 unspecified atom stereocenters. The minimum absolute atomic E-state index is 0.541. The Morgan fingerprint density at radius 1 is 1.00 bits per heavy atom. The van der Waals surface area contributed by atoms with Gasteiger partial charge in [0.1, 0.15) is 6.10 Å². The van der Waals surface area contributed by atoms with E-state index in [4.69, 9.17) is 0 Å². The Morgan fingerprint density at radius 3 is 2.32 bits per heavy atom. The van der Waals surface area contributed by atoms with Gasteiger partial charge >= 0.3 is 0 Å². The highest BCUT2D eigenvalue weighted by atomic mass is 16.3. The summed E-state index contributed by atoms with van der Waals surface area (Å²) >= 11 is 0. The zero-order chi connectivity index (χ0) is 13.8. The number of hydrogen-bond acceptors (Lipinski definition) is 1. The molecule has 2 aromatic carbocycles. The van der Waals surface area contributed by atoms with Crippen LogP contribution in [0.25, 0.3) is 6.08 Å². The van der Waals surface area contributed by atoms with Gasteiger partial charge in [-0.05, 0) is 37.5 Å². The molecule has 0 aliphatic heterocycles. The van der Waals surface area contributed by atoms with Gasteiger partial charge in [0.25, 0.3) is 0 Å². The van der Waals surface area contributed by atoms with Gasteiger partial charge in [0.15, 0.2) is 0 Å². The van der Waals surface area contributed by atoms with Gasteiger partial charge in [-0.15, -0.1) is 0 Å². The number of rotatable bonds is 3. The molecule has 0 fully saturated rings. The summed E-state index contributed by atoms with van der Waals surface area (Å²) in [5.41, 5.74) is 5.45. The van der Waals surface area contributed by atoms with Crippen LogP contribution in [0.5, 0.6) is 0 Å². The van der Waals surface area contributed by atoms with E-state index in [1.807, 2.05) is 50.3 Å². The van der Waals surface area contributed by atoms with Gasteiger partial charge in [-0.25, -0.2) is 0 Å². The zero-order valence-corrected chi connectivity index (χ0v) is 11.7. The van der Waals surface area contributed by atoms with Crippen molar-refractivity contribution >= 4 is 6.08 Å². The first-order valence-electron chi connectivity index (χ1n) is 6.56. The quantitative estimate of drug-likeness (QED) is 0.856. The van der Waals surface area contributed by atoms with Crippen LogP contribution in [0.4, 0.5) is 0 Å². The van der Waals surface area contributed by atoms with Gasteiger partial charge < -0.3 is 5.11 Å². The van der Waals surface area contributed by atoms with Crippen molar-refractivity contribution in [3.63, 3.8) is 0 Å². The van der Waals surface area contributed by atoms with Crippen LogP contribution in [0.2, 0.25) is 0 Å². The molecule has 0 aliphatic carbocycles. The summed E-state index contributed by atoms with van der Waals surface area (Å²) < 4.78 is 0. The number of aliphatic hydroxyl groups is 1. The maximum atomic E-state index is 10.3. The van der Waals surface area contributed by atoms with Crippen LogP contribution >= 0.6 is 0 Å². The number of aryl methyl sites for hydroxylation is 2. The van der Waals surface area contributed by atoms with E-state index in [1.165, 1.54) is 11.1 Å². The Morgan fingerprint density at radius 2 is 1.68 bits per heavy atom. The predicted octanol–water partition coefficient (Wildman–Crippen LogP) is 4.44. The van der Waals surface area contributed by atoms with Crippen LogP contribution in [0.3, 0.4) is 0 Å². The summed E-state index contributed by atoms with van der Waals surface area (Å²) in [4.78, 5) is 0. The SMILES string of the molecule is C/C(=C\c1cccc(C)c1)[C@@H](O)c1ccc(C)cc1. The summed E-state index contributed by atoms with van der Waals surface area (Å²) in [6.45, 7) is 6.08. The second-order valence-corrected chi connectivity index (χ2v) is 5.12. The smallest absolute Gasteiger partial charge is 0.100 e. The Kier molecular flexibility index (Phi) is 4.18. The summed E-state index contributed by atoms with van der Waals surface area (Å²) in [5.74, 6) is 0. The highest BCUT2D eigenvalue weighted by Gasteiger charge is 2.09. The van der Waals surface area contributed by atoms with E-state index in [2.05, 4.69) is 25.1 Å². The van der Waals surface area contributed by atoms with Crippen molar-refractivity contribution in [1.29, 1.82) is 0 Å². The van der Waals surface area contributed by atoms with E-state index >= 15 is 0 Å². The number of benzene rings is 2. The van der Waals surface area contributed by atoms with E-state index in [-0.39, 0.29) is 0 Å². The van der Waals surface area contributed by atoms with E-state index in [0.29, 0.717) is 0 Å². The van der Waals surface area contributed by atoms with Crippen molar-refractivity contribution in [3.05, 3.63) is 76.4 Å². The van der Waals surface area contributed by atoms with E-state index in [1.54, 1.807) is 0 Å². The molecule has 0 aromatic heterocycles. The molecule has 0 bridgehead atoms. The van der Waals surface area contributed by atoms with E-state index in [0.717, 1.165) is 16.7 Å². The van der Waals surface area contributed by atoms with Gasteiger partial charge in [-0.2, -0.15) is 0 Å². The van der Waals surface area contributed by atoms with Crippen molar-refractivity contribution in [2.24, 2.45) is 0 Å². The zero-order valence-electron chi connectivity index (χ0n) is 11.7. The normalized spacial score (nSPS) is 13.4. The molecule has 2 aromatic rings. The third kappa shape index (κ3) is 3.55. The highest BCUT2D eigenvalue weighted by molar-refractivity contribution is 5.55. The minimum atomic E-state index is -0.541. The third-order valence-corrected chi connectivity index (χ3v) is 3.26. The Balaban J connectivity index is 2.23. The molecule has 1 N–H and O–H groups in total. The van der Waals surface area contributed by atoms with Crippen LogP contribution in [0, 0.1) is 13.8 Å². The lowest BCUT2D eigenvalue weighted by Crippen LogP contribution is -1.98. The maximum absolute atomic E-state index is 10.3. The molecule has 2 rings (SSSR count). The van der Waals surface area contributed by atoms with Crippen LogP contribution in [-0.2, 0) is 0 Å². The molecule has 0 aliphatic rings. The standard InChI is InChI=1S/C18H20O/c1-13-7-9-17(10-8-13)18(19)15(3)12-16-6-4-5-14(2)11-16/h4-12,18-19H,1-3H3/b15-12+/t18-/m1/s1. The van der Waals surface area contributed by atoms with Crippen molar-refractivity contribution in [2.75, 3.05) is 0 Å². The second-order valence-electron chi connectivity index (χ2n) is 5.12. The molecular formula is C18H20O. The highest BCUT2D eigenvalue weighted by Crippen LogP contribution is 2.23. The van der Waals surface area contributed by atoms with Gasteiger partial charge in [0.2, 0.25) is 0 Å². The van der Waals surface area contributed by atoms with Gasteiger partial charge in [0, 0.05) is 0 Å². The lowest BCUT2D eigenvalue weighted by molar-refractivity contribution is 0.217. The first kappa shape index (κ1) is 13.6. The largest absolute Gasteiger partial charge is 0.384 e. The fourth-order valence-electron chi connectivity index (χ4n) is 2.11. The number of hydrogen-bond donors (Lipinski definition) is 1. The third-order valence-electron chi connectivity index (χ3n) is 3.26. The second kappa shape index (κ2) is 5.85. The molecule has 98 valence electrons. The van der Waals surface area contributed by atoms with Gasteiger partial charge in [-0.1, -0.05) is 65.7 Å². The lowest BCUT2D eigenvalue weighted by Gasteiger charge is -2.12. The molecule has 0 spiro atoms. The van der Waals surface area contributed by atoms with Crippen molar-refractivity contribution in [2.45, 2.75) is 26.9 Å². The lowest BCUT2D eigenvalue weighted by atomic mass is 9.99. The average Bonchev–Trinajstić information content (AvgIpc) is 2.39. The Bertz CT molecular complexity index is 579. The molecule has 19 heavy (non-hydrogen) atoms. The molecule has 1 heteroatoms. The summed E-state index contributed by atoms with van der Waals surface area (Å²) in [5, 5.41) is 10.3. The minimum Gasteiger partial charge on any atom is -0.384 e. The van der Waals surface area contributed by atoms with Gasteiger partial charge in [-0.3, -0.25) is 0 Å². The molecule has 0 heterocycles. The fraction of sp³-hybridized carbons (Fsp3) is 0.222. The van der Waals surface area contributed by atoms with E-state index < -0.39 is 6.10 Å². The first-order valence-corrected chi connectivity index (χ1v) is 6.56. The van der Waals surface area contributed by atoms with Crippen molar-refractivity contribution in [3.8, 4) is 0 Å². The predicted molar refractivity (Wildman–Crippen MR) is 81.0 cm³/mol. The maximum Gasteiger partial charge on any atom is 0.100 e. The average molecular weight is 252 g/mol. The molecule has 1 nitrogen and oxygen atoms in total. The van der Waals surface area contributed by atoms with Crippen LogP contribution in [-0.4, -0.2) is 5.11 Å². The van der Waals surface area contributed by atoms with Crippen LogP contribution < -0.4 is 0 Å². The molecular weight excluding hydrogens is 232 g/mol. The van der Waals surface area contributed by atoms with Gasteiger partial charge in [0.05, 0.1) is 0 Å². The Labute approximate surface area is 115 Å². The summed E-state index contributed by atoms with van der Waals surface area (Å²) in [6.07, 6.45) is 1.50. The van der Waals surface area contributed by atoms with Crippen LogP contribution in [0.1, 0.15) is 35.3 Å². The summed E-state index contributed by atoms with van der Waals surface area (Å²) in [7, 11) is 0. The first-order chi connectivity index (χ1) is 9.06. The van der Waals surface area contributed by atoms with E-state index in [9.17, 15) is 5.11 Å². The fourth-order valence-corrected chi connectivity index (χ4v) is 2.11. The van der Waals surface area contributed by atoms with Crippen molar-refractivity contribution < 1.29 is 5.11 Å². The molecule has 0 saturated heterocycles. The summed E-state index contributed by atoms with van der Waals surface area (Å²) in [6, 6.07) is 16.3. The molecule has 0 radical (unpaired) electrons.